The van der Waals surface area contributed by atoms with Crippen molar-refractivity contribution >= 4 is 17.2 Å². The van der Waals surface area contributed by atoms with Crippen molar-refractivity contribution in [1.82, 2.24) is 9.88 Å². The van der Waals surface area contributed by atoms with Gasteiger partial charge in [-0.25, -0.2) is 4.98 Å². The van der Waals surface area contributed by atoms with E-state index < -0.39 is 6.10 Å². The maximum Gasteiger partial charge on any atom is 0.225 e. The second-order valence-electron chi connectivity index (χ2n) is 7.92. The van der Waals surface area contributed by atoms with Crippen LogP contribution < -0.4 is 5.73 Å². The molecule has 1 aliphatic carbocycles. The first-order valence-corrected chi connectivity index (χ1v) is 10.6. The highest BCUT2D eigenvalue weighted by Gasteiger charge is 2.43. The number of carbonyl (C=O) groups is 1. The topological polar surface area (TPSA) is 79.5 Å². The molecule has 1 aromatic heterocycles. The van der Waals surface area contributed by atoms with Crippen LogP contribution in [0, 0.1) is 12.8 Å². The zero-order valence-corrected chi connectivity index (χ0v) is 16.5. The number of nitrogens with zero attached hydrogens (tertiary/aromatic N) is 2. The Morgan fingerprint density at radius 3 is 2.52 bits per heavy atom. The highest BCUT2D eigenvalue weighted by molar-refractivity contribution is 7.09. The zero-order valence-electron chi connectivity index (χ0n) is 15.7. The molecule has 4 rings (SSSR count). The van der Waals surface area contributed by atoms with Gasteiger partial charge in [0.25, 0.3) is 0 Å². The van der Waals surface area contributed by atoms with E-state index in [-0.39, 0.29) is 23.3 Å². The fraction of sp³-hybridized carbons (Fsp3) is 0.524. The van der Waals surface area contributed by atoms with E-state index in [1.54, 1.807) is 11.3 Å². The molecule has 5 nitrogen and oxygen atoms in total. The summed E-state index contributed by atoms with van der Waals surface area (Å²) in [4.78, 5) is 19.7. The number of aromatic nitrogens is 1. The molecule has 3 N–H and O–H groups in total. The Balaban J connectivity index is 1.54. The number of carbonyl (C=O) groups excluding carboxylic acids is 1. The maximum atomic E-state index is 12.9. The van der Waals surface area contributed by atoms with Crippen molar-refractivity contribution in [3.05, 3.63) is 52.0 Å². The van der Waals surface area contributed by atoms with Crippen molar-refractivity contribution in [2.24, 2.45) is 11.7 Å². The van der Waals surface area contributed by atoms with Crippen LogP contribution in [0.15, 0.2) is 35.7 Å². The minimum Gasteiger partial charge on any atom is -0.391 e. The lowest BCUT2D eigenvalue weighted by atomic mass is 9.70. The third-order valence-electron chi connectivity index (χ3n) is 6.29. The quantitative estimate of drug-likeness (QED) is 0.851. The molecule has 6 heteroatoms. The van der Waals surface area contributed by atoms with E-state index in [1.807, 2.05) is 17.9 Å². The van der Waals surface area contributed by atoms with Crippen LogP contribution in [-0.2, 0) is 10.2 Å². The van der Waals surface area contributed by atoms with Crippen molar-refractivity contribution in [3.8, 4) is 0 Å². The minimum absolute atomic E-state index is 0.131. The summed E-state index contributed by atoms with van der Waals surface area (Å²) in [5, 5.41) is 13.1. The maximum absolute atomic E-state index is 12.9. The second-order valence-corrected chi connectivity index (χ2v) is 8.99. The number of aliphatic hydroxyl groups excluding tert-OH is 1. The van der Waals surface area contributed by atoms with Gasteiger partial charge in [-0.05, 0) is 38.2 Å². The van der Waals surface area contributed by atoms with Gasteiger partial charge < -0.3 is 15.7 Å². The number of nitrogens with two attached hydrogens (primary N) is 1. The molecule has 144 valence electrons. The van der Waals surface area contributed by atoms with Gasteiger partial charge in [-0.2, -0.15) is 0 Å². The predicted molar refractivity (Wildman–Crippen MR) is 107 cm³/mol. The lowest BCUT2D eigenvalue weighted by Gasteiger charge is -2.42. The molecule has 2 fully saturated rings. The van der Waals surface area contributed by atoms with E-state index in [9.17, 15) is 9.90 Å². The summed E-state index contributed by atoms with van der Waals surface area (Å²) >= 11 is 1.69. The van der Waals surface area contributed by atoms with E-state index in [1.165, 1.54) is 5.56 Å². The Labute approximate surface area is 164 Å². The number of aryl methyl sites for hydroxylation is 1. The summed E-state index contributed by atoms with van der Waals surface area (Å²) < 4.78 is 0. The average Bonchev–Trinajstić information content (AvgIpc) is 3.28. The first kappa shape index (κ1) is 18.6. The predicted octanol–water partition coefficient (Wildman–Crippen LogP) is 2.46. The van der Waals surface area contributed by atoms with Gasteiger partial charge in [0, 0.05) is 35.8 Å². The van der Waals surface area contributed by atoms with Gasteiger partial charge in [0.05, 0.1) is 16.8 Å². The molecule has 0 unspecified atom stereocenters. The van der Waals surface area contributed by atoms with Gasteiger partial charge in [-0.15, -0.1) is 11.3 Å². The van der Waals surface area contributed by atoms with Crippen LogP contribution in [-0.4, -0.2) is 46.1 Å². The van der Waals surface area contributed by atoms with Crippen LogP contribution in [0.5, 0.6) is 0 Å². The molecule has 0 bridgehead atoms. The Bertz CT molecular complexity index is 789. The van der Waals surface area contributed by atoms with Crippen LogP contribution in [0.3, 0.4) is 0 Å². The molecule has 1 saturated carbocycles. The van der Waals surface area contributed by atoms with Crippen LogP contribution in [0.2, 0.25) is 0 Å². The Hall–Kier alpha value is -1.76. The normalized spacial score (nSPS) is 27.7. The first-order chi connectivity index (χ1) is 13.0. The van der Waals surface area contributed by atoms with Crippen LogP contribution in [0.4, 0.5) is 0 Å². The van der Waals surface area contributed by atoms with E-state index in [4.69, 9.17) is 10.7 Å². The van der Waals surface area contributed by atoms with Gasteiger partial charge in [-0.3, -0.25) is 4.79 Å². The molecule has 0 radical (unpaired) electrons. The summed E-state index contributed by atoms with van der Waals surface area (Å²) in [5.41, 5.74) is 8.18. The zero-order chi connectivity index (χ0) is 19.0. The number of hydrogen-bond donors (Lipinski definition) is 2. The number of likely N-dealkylation sites (tertiary alicyclic amines) is 1. The molecule has 1 aliphatic heterocycles. The van der Waals surface area contributed by atoms with Gasteiger partial charge >= 0.3 is 0 Å². The van der Waals surface area contributed by atoms with Gasteiger partial charge in [0.2, 0.25) is 5.91 Å². The smallest absolute Gasteiger partial charge is 0.225 e. The fourth-order valence-electron chi connectivity index (χ4n) is 4.65. The van der Waals surface area contributed by atoms with E-state index in [0.717, 1.165) is 23.5 Å². The number of thiazole rings is 1. The van der Waals surface area contributed by atoms with E-state index >= 15 is 0 Å². The molecule has 27 heavy (non-hydrogen) atoms. The molecule has 0 spiro atoms. The Kier molecular flexibility index (Phi) is 5.05. The summed E-state index contributed by atoms with van der Waals surface area (Å²) in [7, 11) is 0. The summed E-state index contributed by atoms with van der Waals surface area (Å²) in [5.74, 6) is 0.0128. The highest BCUT2D eigenvalue weighted by Crippen LogP contribution is 2.42. The second kappa shape index (κ2) is 7.34. The van der Waals surface area contributed by atoms with Crippen LogP contribution in [0.1, 0.15) is 41.9 Å². The van der Waals surface area contributed by atoms with Gasteiger partial charge in [0.1, 0.15) is 0 Å². The number of hydrogen-bond acceptors (Lipinski definition) is 5. The molecular formula is C21H27N3O2S. The number of benzene rings is 1. The number of amides is 1. The van der Waals surface area contributed by atoms with Crippen molar-refractivity contribution < 1.29 is 9.90 Å². The Morgan fingerprint density at radius 1 is 1.26 bits per heavy atom. The molecule has 2 aliphatic rings. The average molecular weight is 386 g/mol. The lowest BCUT2D eigenvalue weighted by Crippen LogP contribution is -2.47. The molecule has 1 amide bonds. The summed E-state index contributed by atoms with van der Waals surface area (Å²) in [6.07, 6.45) is 2.27. The first-order valence-electron chi connectivity index (χ1n) is 9.70. The number of aliphatic hydroxyl groups is 1. The molecule has 1 aromatic carbocycles. The van der Waals surface area contributed by atoms with Gasteiger partial charge in [0.15, 0.2) is 0 Å². The van der Waals surface area contributed by atoms with E-state index in [2.05, 4.69) is 29.6 Å². The van der Waals surface area contributed by atoms with Crippen molar-refractivity contribution in [1.29, 1.82) is 0 Å². The van der Waals surface area contributed by atoms with Crippen molar-refractivity contribution in [2.75, 3.05) is 13.1 Å². The third kappa shape index (κ3) is 3.42. The Morgan fingerprint density at radius 2 is 1.96 bits per heavy atom. The molecule has 2 heterocycles. The number of rotatable bonds is 3. The van der Waals surface area contributed by atoms with Crippen LogP contribution >= 0.6 is 11.3 Å². The largest absolute Gasteiger partial charge is 0.391 e. The summed E-state index contributed by atoms with van der Waals surface area (Å²) in [6, 6.07) is 10.3. The fourth-order valence-corrected chi connectivity index (χ4v) is 5.36. The minimum atomic E-state index is -0.551. The van der Waals surface area contributed by atoms with Crippen LogP contribution in [0.25, 0.3) is 0 Å². The van der Waals surface area contributed by atoms with Gasteiger partial charge in [-0.1, -0.05) is 30.3 Å². The van der Waals surface area contributed by atoms with Crippen molar-refractivity contribution in [2.45, 2.75) is 50.2 Å². The molecule has 2 aromatic rings. The molecule has 1 saturated heterocycles. The lowest BCUT2D eigenvalue weighted by molar-refractivity contribution is -0.137. The number of piperidine rings is 1. The molecular weight excluding hydrogens is 358 g/mol. The highest BCUT2D eigenvalue weighted by atomic mass is 32.1. The SMILES string of the molecule is Cc1nc(C2(c3ccccc3)CCN(C(=O)[C@H]3C[C@H](N)[C@@H](O)C3)CC2)cs1. The van der Waals surface area contributed by atoms with Crippen molar-refractivity contribution in [3.63, 3.8) is 0 Å². The summed E-state index contributed by atoms with van der Waals surface area (Å²) in [6.45, 7) is 3.47. The standard InChI is InChI=1S/C21H27N3O2S/c1-14-23-19(13-27-14)21(16-5-3-2-4-6-16)7-9-24(10-8-21)20(26)15-11-17(22)18(25)12-15/h2-6,13,15,17-18,25H,7-12,22H2,1H3/t15-,17-,18-/m0/s1. The third-order valence-corrected chi connectivity index (χ3v) is 7.06. The molecule has 3 atom stereocenters. The van der Waals surface area contributed by atoms with E-state index in [0.29, 0.717) is 25.9 Å². The monoisotopic (exact) mass is 385 g/mol.